The van der Waals surface area contributed by atoms with Crippen molar-refractivity contribution in [1.82, 2.24) is 9.97 Å². The Bertz CT molecular complexity index is 1110. The van der Waals surface area contributed by atoms with Crippen LogP contribution in [-0.2, 0) is 9.84 Å². The minimum Gasteiger partial charge on any atom is -0.492 e. The molecule has 0 aliphatic heterocycles. The van der Waals surface area contributed by atoms with Crippen molar-refractivity contribution in [3.8, 4) is 5.75 Å². The van der Waals surface area contributed by atoms with Crippen molar-refractivity contribution < 1.29 is 26.7 Å². The summed E-state index contributed by atoms with van der Waals surface area (Å²) in [6, 6.07) is 10.9. The number of halogens is 2. The van der Waals surface area contributed by atoms with Crippen molar-refractivity contribution in [3.63, 3.8) is 0 Å². The molecule has 0 fully saturated rings. The lowest BCUT2D eigenvalue weighted by Gasteiger charge is -2.09. The molecule has 0 atom stereocenters. The summed E-state index contributed by atoms with van der Waals surface area (Å²) in [4.78, 5) is 18.7. The van der Waals surface area contributed by atoms with Crippen LogP contribution < -0.4 is 10.1 Å². The average Bonchev–Trinajstić information content (AvgIpc) is 3.04. The van der Waals surface area contributed by atoms with Gasteiger partial charge < -0.3 is 15.0 Å². The van der Waals surface area contributed by atoms with Crippen molar-refractivity contribution in [1.29, 1.82) is 0 Å². The first-order valence-electron chi connectivity index (χ1n) is 8.21. The molecule has 1 heterocycles. The van der Waals surface area contributed by atoms with E-state index in [0.717, 1.165) is 6.26 Å². The number of nitrogens with one attached hydrogen (secondary N) is 2. The second-order valence-corrected chi connectivity index (χ2v) is 8.37. The Morgan fingerprint density at radius 3 is 2.75 bits per heavy atom. The number of hydrogen-bond acceptors (Lipinski definition) is 5. The summed E-state index contributed by atoms with van der Waals surface area (Å²) in [6.07, 6.45) is -1.61. The Hall–Kier alpha value is -3.01. The van der Waals surface area contributed by atoms with Gasteiger partial charge in [-0.3, -0.25) is 4.79 Å². The molecular formula is C18H17F2N3O4S. The van der Waals surface area contributed by atoms with Gasteiger partial charge in [-0.05, 0) is 30.3 Å². The number of imidazole rings is 1. The molecule has 0 saturated carbocycles. The van der Waals surface area contributed by atoms with Crippen LogP contribution in [0.15, 0.2) is 42.5 Å². The van der Waals surface area contributed by atoms with Gasteiger partial charge in [0.05, 0.1) is 16.8 Å². The molecule has 1 aromatic heterocycles. The zero-order valence-corrected chi connectivity index (χ0v) is 15.6. The minimum absolute atomic E-state index is 0.000799. The van der Waals surface area contributed by atoms with Crippen LogP contribution in [0.4, 0.5) is 14.5 Å². The third-order valence-electron chi connectivity index (χ3n) is 3.78. The number of H-pyrrole nitrogens is 1. The van der Waals surface area contributed by atoms with Gasteiger partial charge in [0.1, 0.15) is 12.4 Å². The molecule has 3 aromatic rings. The molecule has 1 amide bonds. The quantitative estimate of drug-likeness (QED) is 0.624. The second kappa shape index (κ2) is 7.93. The van der Waals surface area contributed by atoms with Crippen LogP contribution in [0, 0.1) is 0 Å². The molecule has 2 aromatic carbocycles. The predicted octanol–water partition coefficient (Wildman–Crippen LogP) is 3.18. The number of amides is 1. The number of anilines is 1. The van der Waals surface area contributed by atoms with Gasteiger partial charge in [0.15, 0.2) is 15.7 Å². The molecule has 0 aliphatic carbocycles. The third-order valence-corrected chi connectivity index (χ3v) is 4.69. The number of hydrogen-bond donors (Lipinski definition) is 2. The summed E-state index contributed by atoms with van der Waals surface area (Å²) in [5.74, 6) is -0.601. The summed E-state index contributed by atoms with van der Waals surface area (Å²) in [7, 11) is -3.13. The Morgan fingerprint density at radius 1 is 1.25 bits per heavy atom. The minimum atomic E-state index is -3.13. The van der Waals surface area contributed by atoms with Crippen LogP contribution >= 0.6 is 0 Å². The molecule has 0 bridgehead atoms. The van der Waals surface area contributed by atoms with Gasteiger partial charge in [-0.25, -0.2) is 22.2 Å². The average molecular weight is 409 g/mol. The number of benzene rings is 2. The monoisotopic (exact) mass is 409 g/mol. The number of ether oxygens (including phenoxy) is 1. The van der Waals surface area contributed by atoms with Crippen molar-refractivity contribution in [2.24, 2.45) is 0 Å². The van der Waals surface area contributed by atoms with Crippen LogP contribution in [-0.4, -0.2) is 42.9 Å². The summed E-state index contributed by atoms with van der Waals surface area (Å²) in [5.41, 5.74) is 1.38. The highest BCUT2D eigenvalue weighted by Gasteiger charge is 2.14. The topological polar surface area (TPSA) is 101 Å². The number of carbonyl (C=O) groups excluding carboxylic acids is 1. The van der Waals surface area contributed by atoms with Gasteiger partial charge in [-0.1, -0.05) is 6.07 Å². The van der Waals surface area contributed by atoms with E-state index in [2.05, 4.69) is 15.3 Å². The normalized spacial score (nSPS) is 11.7. The molecule has 7 nitrogen and oxygen atoms in total. The second-order valence-electron chi connectivity index (χ2n) is 6.11. The standard InChI is InChI=1S/C18H17F2N3O4S/c1-28(25,26)8-7-27-13-4-2-3-12(10-13)21-18(24)11-5-6-14-15(9-11)23-17(22-14)16(19)20/h2-6,9-10,16H,7-8H2,1H3,(H,21,24)(H,22,23). The smallest absolute Gasteiger partial charge is 0.295 e. The molecule has 3 rings (SSSR count). The Morgan fingerprint density at radius 2 is 2.04 bits per heavy atom. The van der Waals surface area contributed by atoms with E-state index in [9.17, 15) is 22.0 Å². The Kier molecular flexibility index (Phi) is 5.59. The lowest BCUT2D eigenvalue weighted by atomic mass is 10.2. The van der Waals surface area contributed by atoms with E-state index >= 15 is 0 Å². The first-order chi connectivity index (χ1) is 13.2. The van der Waals surface area contributed by atoms with E-state index in [4.69, 9.17) is 4.74 Å². The van der Waals surface area contributed by atoms with Crippen LogP contribution in [0.1, 0.15) is 22.6 Å². The number of sulfone groups is 1. The third kappa shape index (κ3) is 5.03. The molecule has 0 spiro atoms. The SMILES string of the molecule is CS(=O)(=O)CCOc1cccc(NC(=O)c2ccc3nc(C(F)F)[nH]c3c2)c1. The predicted molar refractivity (Wildman–Crippen MR) is 101 cm³/mol. The van der Waals surface area contributed by atoms with Crippen molar-refractivity contribution in [2.45, 2.75) is 6.43 Å². The fraction of sp³-hybridized carbons (Fsp3) is 0.222. The highest BCUT2D eigenvalue weighted by molar-refractivity contribution is 7.90. The van der Waals surface area contributed by atoms with E-state index in [0.29, 0.717) is 22.5 Å². The van der Waals surface area contributed by atoms with Gasteiger partial charge >= 0.3 is 0 Å². The number of carbonyl (C=O) groups is 1. The maximum absolute atomic E-state index is 12.7. The molecular weight excluding hydrogens is 392 g/mol. The van der Waals surface area contributed by atoms with Crippen molar-refractivity contribution in [3.05, 3.63) is 53.9 Å². The van der Waals surface area contributed by atoms with Gasteiger partial charge in [0.25, 0.3) is 12.3 Å². The van der Waals surface area contributed by atoms with Crippen molar-refractivity contribution >= 4 is 32.5 Å². The number of aromatic nitrogens is 2. The number of aromatic amines is 1. The highest BCUT2D eigenvalue weighted by Crippen LogP contribution is 2.22. The fourth-order valence-corrected chi connectivity index (χ4v) is 2.84. The maximum Gasteiger partial charge on any atom is 0.295 e. The first kappa shape index (κ1) is 19.7. The first-order valence-corrected chi connectivity index (χ1v) is 10.3. The zero-order chi connectivity index (χ0) is 20.3. The van der Waals surface area contributed by atoms with Crippen LogP contribution in [0.5, 0.6) is 5.75 Å². The zero-order valence-electron chi connectivity index (χ0n) is 14.8. The largest absolute Gasteiger partial charge is 0.492 e. The summed E-state index contributed by atoms with van der Waals surface area (Å²) >= 11 is 0. The molecule has 0 unspecified atom stereocenters. The number of rotatable bonds is 7. The molecule has 148 valence electrons. The summed E-state index contributed by atoms with van der Waals surface area (Å²) in [5, 5.41) is 2.68. The van der Waals surface area contributed by atoms with Crippen molar-refractivity contribution in [2.75, 3.05) is 23.9 Å². The van der Waals surface area contributed by atoms with E-state index in [1.165, 1.54) is 18.2 Å². The number of alkyl halides is 2. The molecule has 2 N–H and O–H groups in total. The van der Waals surface area contributed by atoms with Crippen LogP contribution in [0.2, 0.25) is 0 Å². The molecule has 0 saturated heterocycles. The van der Waals surface area contributed by atoms with Gasteiger partial charge in [0, 0.05) is 23.6 Å². The van der Waals surface area contributed by atoms with Crippen LogP contribution in [0.25, 0.3) is 11.0 Å². The molecule has 0 aliphatic rings. The van der Waals surface area contributed by atoms with E-state index in [-0.39, 0.29) is 17.9 Å². The summed E-state index contributed by atoms with van der Waals surface area (Å²) < 4.78 is 53.1. The van der Waals surface area contributed by atoms with Gasteiger partial charge in [-0.15, -0.1) is 0 Å². The maximum atomic E-state index is 12.7. The molecule has 10 heteroatoms. The lowest BCUT2D eigenvalue weighted by Crippen LogP contribution is -2.13. The number of nitrogens with zero attached hydrogens (tertiary/aromatic N) is 1. The van der Waals surface area contributed by atoms with E-state index < -0.39 is 28.0 Å². The Labute approximate surface area is 159 Å². The molecule has 0 radical (unpaired) electrons. The Balaban J connectivity index is 1.70. The van der Waals surface area contributed by atoms with E-state index in [1.807, 2.05) is 0 Å². The fourth-order valence-electron chi connectivity index (χ4n) is 2.45. The van der Waals surface area contributed by atoms with Gasteiger partial charge in [0.2, 0.25) is 0 Å². The lowest BCUT2D eigenvalue weighted by molar-refractivity contribution is 0.102. The van der Waals surface area contributed by atoms with E-state index in [1.54, 1.807) is 24.3 Å². The molecule has 28 heavy (non-hydrogen) atoms. The van der Waals surface area contributed by atoms with Gasteiger partial charge in [-0.2, -0.15) is 0 Å². The number of fused-ring (bicyclic) bond motifs is 1. The highest BCUT2D eigenvalue weighted by atomic mass is 32.2. The summed E-state index contributed by atoms with van der Waals surface area (Å²) in [6.45, 7) is -0.000799. The van der Waals surface area contributed by atoms with Crippen LogP contribution in [0.3, 0.4) is 0 Å².